The van der Waals surface area contributed by atoms with Crippen LogP contribution < -0.4 is 27.4 Å². The predicted octanol–water partition coefficient (Wildman–Crippen LogP) is -4.88. The zero-order chi connectivity index (χ0) is 21.1. The van der Waals surface area contributed by atoms with Crippen LogP contribution >= 0.6 is 0 Å². The third-order valence-corrected chi connectivity index (χ3v) is 3.38. The van der Waals surface area contributed by atoms with E-state index in [1.807, 2.05) is 5.32 Å². The summed E-state index contributed by atoms with van der Waals surface area (Å²) in [4.78, 5) is 57.7. The summed E-state index contributed by atoms with van der Waals surface area (Å²) < 4.78 is 0. The van der Waals surface area contributed by atoms with Crippen LogP contribution in [-0.2, 0) is 24.0 Å². The highest BCUT2D eigenvalue weighted by Gasteiger charge is 2.31. The minimum atomic E-state index is -1.66. The lowest BCUT2D eigenvalue weighted by molar-refractivity contribution is -0.145. The topological polar surface area (TPSA) is 234 Å². The molecular formula is C14H25N5O8. The molecule has 0 saturated carbocycles. The number of nitrogens with two attached hydrogens (primary N) is 2. The van der Waals surface area contributed by atoms with Crippen molar-refractivity contribution in [3.63, 3.8) is 0 Å². The Morgan fingerprint density at radius 1 is 1.00 bits per heavy atom. The third-order valence-electron chi connectivity index (χ3n) is 3.38. The van der Waals surface area contributed by atoms with Crippen LogP contribution in [0.2, 0.25) is 0 Å². The smallest absolute Gasteiger partial charge is 0.328 e. The summed E-state index contributed by atoms with van der Waals surface area (Å²) in [5, 5.41) is 33.9. The first-order valence-corrected chi connectivity index (χ1v) is 7.93. The average molecular weight is 391 g/mol. The summed E-state index contributed by atoms with van der Waals surface area (Å²) in [6.07, 6.45) is -2.03. The molecule has 0 rings (SSSR count). The van der Waals surface area contributed by atoms with Gasteiger partial charge in [0.15, 0.2) is 6.04 Å². The molecule has 0 heterocycles. The molecule has 154 valence electrons. The van der Waals surface area contributed by atoms with Crippen LogP contribution in [0.3, 0.4) is 0 Å². The van der Waals surface area contributed by atoms with Crippen molar-refractivity contribution in [2.75, 3.05) is 13.2 Å². The number of carbonyl (C=O) groups excluding carboxylic acids is 4. The molecule has 0 aromatic heterocycles. The van der Waals surface area contributed by atoms with E-state index in [1.165, 1.54) is 0 Å². The van der Waals surface area contributed by atoms with E-state index in [1.54, 1.807) is 0 Å². The standard InChI is InChI=1S/C14H25N5O8/c1-6(21)11(14(26)27)19-12(24)7(2-3-9(16)22)18-13(25)8(5-20)17-10(23)4-15/h6-8,11,20-21H,2-5,15H2,1H3,(H2,16,22)(H,17,23)(H,18,25)(H,19,24)(H,26,27). The maximum atomic E-state index is 12.3. The van der Waals surface area contributed by atoms with Crippen molar-refractivity contribution in [1.82, 2.24) is 16.0 Å². The minimum absolute atomic E-state index is 0.276. The lowest BCUT2D eigenvalue weighted by Crippen LogP contribution is -2.58. The number of rotatable bonds is 12. The Balaban J connectivity index is 5.24. The zero-order valence-corrected chi connectivity index (χ0v) is 14.7. The van der Waals surface area contributed by atoms with Gasteiger partial charge in [-0.1, -0.05) is 0 Å². The molecule has 0 aliphatic carbocycles. The maximum Gasteiger partial charge on any atom is 0.328 e. The van der Waals surface area contributed by atoms with Gasteiger partial charge in [-0.05, 0) is 13.3 Å². The van der Waals surface area contributed by atoms with Gasteiger partial charge in [0.05, 0.1) is 19.3 Å². The predicted molar refractivity (Wildman–Crippen MR) is 89.7 cm³/mol. The van der Waals surface area contributed by atoms with E-state index in [0.717, 1.165) is 6.92 Å². The lowest BCUT2D eigenvalue weighted by Gasteiger charge is -2.24. The lowest BCUT2D eigenvalue weighted by atomic mass is 10.1. The number of aliphatic carboxylic acids is 1. The number of carbonyl (C=O) groups is 5. The van der Waals surface area contributed by atoms with Gasteiger partial charge in [-0.3, -0.25) is 19.2 Å². The Hall–Kier alpha value is -2.77. The van der Waals surface area contributed by atoms with Gasteiger partial charge < -0.3 is 42.7 Å². The van der Waals surface area contributed by atoms with Gasteiger partial charge >= 0.3 is 5.97 Å². The molecule has 4 atom stereocenters. The van der Waals surface area contributed by atoms with E-state index in [-0.39, 0.29) is 12.8 Å². The Morgan fingerprint density at radius 3 is 1.96 bits per heavy atom. The number of aliphatic hydroxyl groups excluding tert-OH is 2. The number of amides is 4. The van der Waals surface area contributed by atoms with Gasteiger partial charge in [-0.2, -0.15) is 0 Å². The highest BCUT2D eigenvalue weighted by Crippen LogP contribution is 2.02. The second-order valence-corrected chi connectivity index (χ2v) is 5.64. The number of nitrogens with one attached hydrogen (secondary N) is 3. The molecule has 0 radical (unpaired) electrons. The van der Waals surface area contributed by atoms with Crippen LogP contribution in [0.5, 0.6) is 0 Å². The molecule has 0 spiro atoms. The molecule has 0 aromatic carbocycles. The van der Waals surface area contributed by atoms with Crippen LogP contribution in [0.4, 0.5) is 0 Å². The summed E-state index contributed by atoms with van der Waals surface area (Å²) in [5.41, 5.74) is 10.1. The first kappa shape index (κ1) is 24.2. The fraction of sp³-hybridized carbons (Fsp3) is 0.643. The highest BCUT2D eigenvalue weighted by atomic mass is 16.4. The van der Waals surface area contributed by atoms with E-state index in [2.05, 4.69) is 10.6 Å². The number of aliphatic hydroxyl groups is 2. The second kappa shape index (κ2) is 11.8. The van der Waals surface area contributed by atoms with Gasteiger partial charge in [0, 0.05) is 6.42 Å². The largest absolute Gasteiger partial charge is 0.480 e. The first-order chi connectivity index (χ1) is 12.5. The molecule has 0 aliphatic heterocycles. The van der Waals surface area contributed by atoms with E-state index in [9.17, 15) is 34.2 Å². The number of carboxylic acids is 1. The zero-order valence-electron chi connectivity index (χ0n) is 14.7. The van der Waals surface area contributed by atoms with Gasteiger partial charge in [0.25, 0.3) is 0 Å². The van der Waals surface area contributed by atoms with Crippen LogP contribution in [0.15, 0.2) is 0 Å². The Morgan fingerprint density at radius 2 is 1.56 bits per heavy atom. The third kappa shape index (κ3) is 8.94. The molecule has 4 unspecified atom stereocenters. The molecule has 10 N–H and O–H groups in total. The van der Waals surface area contributed by atoms with Gasteiger partial charge in [0.2, 0.25) is 23.6 Å². The maximum absolute atomic E-state index is 12.3. The van der Waals surface area contributed by atoms with Gasteiger partial charge in [0.1, 0.15) is 12.1 Å². The Labute approximate surface area is 154 Å². The SMILES string of the molecule is CC(O)C(NC(=O)C(CCC(N)=O)NC(=O)C(CO)NC(=O)CN)C(=O)O. The fourth-order valence-corrected chi connectivity index (χ4v) is 1.92. The van der Waals surface area contributed by atoms with Gasteiger partial charge in [-0.15, -0.1) is 0 Å². The van der Waals surface area contributed by atoms with Crippen molar-refractivity contribution in [3.05, 3.63) is 0 Å². The van der Waals surface area contributed by atoms with Crippen molar-refractivity contribution in [3.8, 4) is 0 Å². The van der Waals surface area contributed by atoms with E-state index in [4.69, 9.17) is 16.6 Å². The van der Waals surface area contributed by atoms with Crippen molar-refractivity contribution in [1.29, 1.82) is 0 Å². The van der Waals surface area contributed by atoms with Crippen LogP contribution in [0.1, 0.15) is 19.8 Å². The monoisotopic (exact) mass is 391 g/mol. The quantitative estimate of drug-likeness (QED) is 0.159. The van der Waals surface area contributed by atoms with Crippen molar-refractivity contribution < 1.29 is 39.3 Å². The number of carboxylic acid groups (broad SMARTS) is 1. The second-order valence-electron chi connectivity index (χ2n) is 5.64. The molecule has 13 heteroatoms. The number of hydrogen-bond donors (Lipinski definition) is 8. The van der Waals surface area contributed by atoms with E-state index >= 15 is 0 Å². The molecule has 4 amide bonds. The Bertz CT molecular complexity index is 568. The first-order valence-electron chi connectivity index (χ1n) is 7.93. The molecule has 0 bridgehead atoms. The molecule has 0 aromatic rings. The molecule has 0 saturated heterocycles. The summed E-state index contributed by atoms with van der Waals surface area (Å²) in [5.74, 6) is -4.99. The number of primary amides is 1. The molecule has 13 nitrogen and oxygen atoms in total. The number of hydrogen-bond acceptors (Lipinski definition) is 8. The van der Waals surface area contributed by atoms with Crippen LogP contribution in [0.25, 0.3) is 0 Å². The molecular weight excluding hydrogens is 366 g/mol. The summed E-state index contributed by atoms with van der Waals surface area (Å²) in [6, 6.07) is -4.48. The normalized spacial score (nSPS) is 15.0. The van der Waals surface area contributed by atoms with Crippen molar-refractivity contribution in [2.24, 2.45) is 11.5 Å². The van der Waals surface area contributed by atoms with Crippen LogP contribution in [-0.4, -0.2) is 82.3 Å². The van der Waals surface area contributed by atoms with E-state index < -0.39 is 67.0 Å². The van der Waals surface area contributed by atoms with Crippen molar-refractivity contribution >= 4 is 29.6 Å². The molecule has 27 heavy (non-hydrogen) atoms. The van der Waals surface area contributed by atoms with Crippen LogP contribution in [0, 0.1) is 0 Å². The molecule has 0 aliphatic rings. The Kier molecular flexibility index (Phi) is 10.6. The fourth-order valence-electron chi connectivity index (χ4n) is 1.92. The van der Waals surface area contributed by atoms with E-state index in [0.29, 0.717) is 0 Å². The van der Waals surface area contributed by atoms with Gasteiger partial charge in [-0.25, -0.2) is 4.79 Å². The average Bonchev–Trinajstić information content (AvgIpc) is 2.59. The minimum Gasteiger partial charge on any atom is -0.480 e. The summed E-state index contributed by atoms with van der Waals surface area (Å²) >= 11 is 0. The molecule has 0 fully saturated rings. The summed E-state index contributed by atoms with van der Waals surface area (Å²) in [6.45, 7) is -0.0998. The van der Waals surface area contributed by atoms with Crippen molar-refractivity contribution in [2.45, 2.75) is 44.0 Å². The summed E-state index contributed by atoms with van der Waals surface area (Å²) in [7, 11) is 0. The highest BCUT2D eigenvalue weighted by molar-refractivity contribution is 5.94.